The van der Waals surface area contributed by atoms with Gasteiger partial charge in [0.25, 0.3) is 0 Å². The molecule has 0 saturated carbocycles. The minimum absolute atomic E-state index is 0.00342. The topological polar surface area (TPSA) is 86.7 Å². The fraction of sp³-hybridized carbons (Fsp3) is 0.171. The Morgan fingerprint density at radius 3 is 1.62 bits per heavy atom. The van der Waals surface area contributed by atoms with Gasteiger partial charge in [0.1, 0.15) is 17.8 Å². The van der Waals surface area contributed by atoms with Gasteiger partial charge in [0, 0.05) is 40.5 Å². The highest BCUT2D eigenvalue weighted by atomic mass is 16.5. The average Bonchev–Trinajstić information content (AvgIpc) is 3.11. The van der Waals surface area contributed by atoms with E-state index in [1.165, 1.54) is 0 Å². The fourth-order valence-electron chi connectivity index (χ4n) is 6.31. The zero-order valence-electron chi connectivity index (χ0n) is 26.5. The summed E-state index contributed by atoms with van der Waals surface area (Å²) in [6.45, 7) is 3.98. The molecule has 0 spiro atoms. The lowest BCUT2D eigenvalue weighted by Crippen LogP contribution is -2.19. The zero-order valence-corrected chi connectivity index (χ0v) is 26.5. The van der Waals surface area contributed by atoms with Crippen LogP contribution in [0.15, 0.2) is 120 Å². The fourth-order valence-corrected chi connectivity index (χ4v) is 6.31. The molecule has 0 aliphatic heterocycles. The second-order valence-electron chi connectivity index (χ2n) is 11.7. The van der Waals surface area contributed by atoms with E-state index in [9.17, 15) is 19.2 Å². The molecule has 0 amide bonds. The second kappa shape index (κ2) is 13.4. The molecule has 0 N–H and O–H groups in total. The van der Waals surface area contributed by atoms with Crippen LogP contribution in [0.25, 0.3) is 11.1 Å². The molecule has 2 aliphatic carbocycles. The molecule has 0 saturated heterocycles. The Hall–Kier alpha value is -5.62. The van der Waals surface area contributed by atoms with Crippen LogP contribution in [0.2, 0.25) is 0 Å². The molecule has 6 nitrogen and oxygen atoms in total. The molecule has 2 aliphatic rings. The molecule has 2 unspecified atom stereocenters. The molecule has 0 bridgehead atoms. The van der Waals surface area contributed by atoms with Crippen molar-refractivity contribution < 1.29 is 28.7 Å². The number of aldehydes is 1. The third kappa shape index (κ3) is 6.15. The first-order valence-corrected chi connectivity index (χ1v) is 15.6. The summed E-state index contributed by atoms with van der Waals surface area (Å²) in [6, 6.07) is 30.1. The van der Waals surface area contributed by atoms with Crippen LogP contribution >= 0.6 is 0 Å². The predicted molar refractivity (Wildman–Crippen MR) is 182 cm³/mol. The van der Waals surface area contributed by atoms with Gasteiger partial charge in [-0.1, -0.05) is 86.6 Å². The Morgan fingerprint density at radius 1 is 0.660 bits per heavy atom. The second-order valence-corrected chi connectivity index (χ2v) is 11.7. The maximum Gasteiger partial charge on any atom is 0.311 e. The minimum atomic E-state index is -0.493. The summed E-state index contributed by atoms with van der Waals surface area (Å²) < 4.78 is 10.9. The number of ketones is 2. The highest BCUT2D eigenvalue weighted by Gasteiger charge is 2.33. The van der Waals surface area contributed by atoms with Crippen molar-refractivity contribution >= 4 is 35.0 Å². The van der Waals surface area contributed by atoms with Gasteiger partial charge in [0.2, 0.25) is 0 Å². The van der Waals surface area contributed by atoms with Crippen LogP contribution in [0.1, 0.15) is 81.5 Å². The van der Waals surface area contributed by atoms with E-state index < -0.39 is 5.97 Å². The quantitative estimate of drug-likeness (QED) is 0.106. The zero-order chi connectivity index (χ0) is 33.1. The lowest BCUT2D eigenvalue weighted by molar-refractivity contribution is -0.135. The number of hydrogen-bond acceptors (Lipinski definition) is 6. The van der Waals surface area contributed by atoms with Crippen LogP contribution in [-0.2, 0) is 9.59 Å². The summed E-state index contributed by atoms with van der Waals surface area (Å²) in [7, 11) is 1.62. The highest BCUT2D eigenvalue weighted by molar-refractivity contribution is 6.24. The molecule has 0 radical (unpaired) electrons. The number of fused-ring (bicyclic) bond motifs is 2. The lowest BCUT2D eigenvalue weighted by Gasteiger charge is -2.28. The first-order valence-electron chi connectivity index (χ1n) is 15.6. The van der Waals surface area contributed by atoms with Crippen LogP contribution in [0, 0.1) is 0 Å². The normalized spacial score (nSPS) is 16.7. The van der Waals surface area contributed by atoms with Gasteiger partial charge in [0.15, 0.2) is 11.6 Å². The Morgan fingerprint density at radius 2 is 1.13 bits per heavy atom. The number of allylic oxidation sites excluding steroid dienone is 6. The molecule has 0 heterocycles. The smallest absolute Gasteiger partial charge is 0.311 e. The Labute approximate surface area is 274 Å². The van der Waals surface area contributed by atoms with E-state index in [-0.39, 0.29) is 36.2 Å². The summed E-state index contributed by atoms with van der Waals surface area (Å²) in [6.07, 6.45) is 4.70. The van der Waals surface area contributed by atoms with Crippen LogP contribution < -0.4 is 9.47 Å². The number of carbonyl (C=O) groups excluding carboxylic acids is 4. The Balaban J connectivity index is 1.50. The maximum atomic E-state index is 14.1. The van der Waals surface area contributed by atoms with E-state index >= 15 is 0 Å². The third-order valence-corrected chi connectivity index (χ3v) is 8.92. The number of Topliss-reactive ketones (excluding diaryl/α,β-unsaturated/α-hetero) is 2. The van der Waals surface area contributed by atoms with Gasteiger partial charge in [-0.25, -0.2) is 0 Å². The summed E-state index contributed by atoms with van der Waals surface area (Å²) >= 11 is 0. The van der Waals surface area contributed by atoms with E-state index in [0.717, 1.165) is 39.1 Å². The van der Waals surface area contributed by atoms with Crippen molar-refractivity contribution in [3.63, 3.8) is 0 Å². The van der Waals surface area contributed by atoms with Gasteiger partial charge in [-0.05, 0) is 69.8 Å². The first kappa shape index (κ1) is 31.4. The lowest BCUT2D eigenvalue weighted by atomic mass is 9.74. The van der Waals surface area contributed by atoms with Crippen molar-refractivity contribution in [1.82, 2.24) is 0 Å². The summed E-state index contributed by atoms with van der Waals surface area (Å²) in [5, 5.41) is 0. The molecule has 4 aromatic carbocycles. The van der Waals surface area contributed by atoms with Gasteiger partial charge in [-0.2, -0.15) is 0 Å². The number of benzene rings is 4. The van der Waals surface area contributed by atoms with Crippen molar-refractivity contribution in [2.75, 3.05) is 7.11 Å². The third-order valence-electron chi connectivity index (χ3n) is 8.92. The standard InChI is InChI=1S/C41H34O6/c1-25(27-11-8-13-29(21-27)46-3)35-23-37(31-15-4-6-17-33(31)40(35)44)38-24-36(41(45)34-18-7-5-16-32(34)38)26(2)28-12-9-14-30(22-28)47-39(43)19-10-20-42/h4-9,11-18,20-26H,10,19H2,1-3H3/b38-37+. The van der Waals surface area contributed by atoms with Crippen LogP contribution in [0.3, 0.4) is 0 Å². The number of esters is 1. The SMILES string of the molecule is COc1cccc(C(C)C2=C/C(=C3/C=C(C(C)c4cccc(OC(=O)CCC=O)c4)C(=O)c4ccccc43)c3ccccc3C2=O)c1. The molecule has 47 heavy (non-hydrogen) atoms. The number of rotatable bonds is 9. The van der Waals surface area contributed by atoms with Crippen molar-refractivity contribution in [3.8, 4) is 11.5 Å². The van der Waals surface area contributed by atoms with Gasteiger partial charge in [-0.3, -0.25) is 14.4 Å². The van der Waals surface area contributed by atoms with Crippen LogP contribution in [0.5, 0.6) is 11.5 Å². The van der Waals surface area contributed by atoms with E-state index in [0.29, 0.717) is 34.3 Å². The Kier molecular flexibility index (Phi) is 8.94. The van der Waals surface area contributed by atoms with Gasteiger partial charge >= 0.3 is 5.97 Å². The molecule has 4 aromatic rings. The number of methoxy groups -OCH3 is 1. The number of hydrogen-bond donors (Lipinski definition) is 0. The summed E-state index contributed by atoms with van der Waals surface area (Å²) in [5.74, 6) is -0.101. The largest absolute Gasteiger partial charge is 0.497 e. The van der Waals surface area contributed by atoms with Crippen molar-refractivity contribution in [2.24, 2.45) is 0 Å². The van der Waals surface area contributed by atoms with E-state index in [2.05, 4.69) is 0 Å². The maximum absolute atomic E-state index is 14.1. The summed E-state index contributed by atoms with van der Waals surface area (Å²) in [5.41, 5.74) is 7.54. The van der Waals surface area contributed by atoms with Crippen molar-refractivity contribution in [1.29, 1.82) is 0 Å². The van der Waals surface area contributed by atoms with Crippen molar-refractivity contribution in [2.45, 2.75) is 38.5 Å². The molecule has 0 aromatic heterocycles. The number of ether oxygens (including phenoxy) is 2. The predicted octanol–water partition coefficient (Wildman–Crippen LogP) is 8.34. The molecule has 0 fully saturated rings. The van der Waals surface area contributed by atoms with E-state index in [1.54, 1.807) is 25.3 Å². The van der Waals surface area contributed by atoms with Crippen molar-refractivity contribution in [3.05, 3.63) is 154 Å². The average molecular weight is 623 g/mol. The molecular formula is C41H34O6. The summed E-state index contributed by atoms with van der Waals surface area (Å²) in [4.78, 5) is 50.9. The Bertz CT molecular complexity index is 2010. The molecule has 6 heteroatoms. The molecule has 6 rings (SSSR count). The van der Waals surface area contributed by atoms with Gasteiger partial charge in [0.05, 0.1) is 13.5 Å². The van der Waals surface area contributed by atoms with Crippen LogP contribution in [0.4, 0.5) is 0 Å². The van der Waals surface area contributed by atoms with Gasteiger partial charge in [-0.15, -0.1) is 0 Å². The highest BCUT2D eigenvalue weighted by Crippen LogP contribution is 2.44. The molecule has 234 valence electrons. The first-order chi connectivity index (χ1) is 22.8. The molecule has 2 atom stereocenters. The van der Waals surface area contributed by atoms with Gasteiger partial charge < -0.3 is 14.3 Å². The monoisotopic (exact) mass is 622 g/mol. The minimum Gasteiger partial charge on any atom is -0.497 e. The van der Waals surface area contributed by atoms with Crippen LogP contribution in [-0.4, -0.2) is 30.9 Å². The van der Waals surface area contributed by atoms with E-state index in [4.69, 9.17) is 9.47 Å². The molecular weight excluding hydrogens is 588 g/mol. The van der Waals surface area contributed by atoms with E-state index in [1.807, 2.05) is 105 Å². The number of carbonyl (C=O) groups is 4.